The average molecular weight is 386 g/mol. The van der Waals surface area contributed by atoms with Crippen LogP contribution in [-0.4, -0.2) is 39.7 Å². The van der Waals surface area contributed by atoms with Crippen LogP contribution in [0, 0.1) is 13.8 Å². The number of anilines is 2. The molecule has 1 N–H and O–H groups in total. The first kappa shape index (κ1) is 21.1. The summed E-state index contributed by atoms with van der Waals surface area (Å²) in [5.74, 6) is 0.621. The topological polar surface area (TPSA) is 77.1 Å². The summed E-state index contributed by atoms with van der Waals surface area (Å²) in [6.07, 6.45) is 0. The second kappa shape index (κ2) is 9.12. The molecule has 2 rings (SSSR count). The number of methoxy groups -OCH3 is 3. The molecule has 150 valence electrons. The number of nitrogens with one attached hydrogen (secondary N) is 1. The monoisotopic (exact) mass is 386 g/mol. The number of hydrogen-bond donors (Lipinski definition) is 1. The van der Waals surface area contributed by atoms with Crippen molar-refractivity contribution >= 4 is 23.2 Å². The molecule has 0 radical (unpaired) electrons. The van der Waals surface area contributed by atoms with Crippen LogP contribution in [0.15, 0.2) is 30.3 Å². The van der Waals surface area contributed by atoms with Gasteiger partial charge in [0.15, 0.2) is 11.5 Å². The van der Waals surface area contributed by atoms with Crippen molar-refractivity contribution in [1.29, 1.82) is 0 Å². The van der Waals surface area contributed by atoms with Gasteiger partial charge in [0.1, 0.15) is 6.54 Å². The minimum absolute atomic E-state index is 0.151. The van der Waals surface area contributed by atoms with E-state index < -0.39 is 0 Å². The summed E-state index contributed by atoms with van der Waals surface area (Å²) in [5.41, 5.74) is 3.25. The lowest BCUT2D eigenvalue weighted by atomic mass is 10.1. The maximum Gasteiger partial charge on any atom is 0.244 e. The summed E-state index contributed by atoms with van der Waals surface area (Å²) in [4.78, 5) is 26.2. The van der Waals surface area contributed by atoms with Crippen molar-refractivity contribution in [3.8, 4) is 17.2 Å². The van der Waals surface area contributed by atoms with E-state index in [4.69, 9.17) is 14.2 Å². The smallest absolute Gasteiger partial charge is 0.244 e. The molecule has 28 heavy (non-hydrogen) atoms. The summed E-state index contributed by atoms with van der Waals surface area (Å²) in [6, 6.07) is 8.95. The molecule has 0 aliphatic heterocycles. The van der Waals surface area contributed by atoms with Gasteiger partial charge in [-0.2, -0.15) is 0 Å². The van der Waals surface area contributed by atoms with Crippen LogP contribution in [-0.2, 0) is 9.59 Å². The van der Waals surface area contributed by atoms with Crippen molar-refractivity contribution < 1.29 is 23.8 Å². The number of amides is 2. The van der Waals surface area contributed by atoms with Gasteiger partial charge in [0, 0.05) is 24.7 Å². The van der Waals surface area contributed by atoms with Crippen LogP contribution in [0.25, 0.3) is 0 Å². The van der Waals surface area contributed by atoms with E-state index in [1.165, 1.54) is 33.2 Å². The molecule has 0 heterocycles. The molecule has 0 atom stereocenters. The van der Waals surface area contributed by atoms with E-state index >= 15 is 0 Å². The first-order chi connectivity index (χ1) is 13.3. The van der Waals surface area contributed by atoms with E-state index in [9.17, 15) is 9.59 Å². The van der Waals surface area contributed by atoms with Gasteiger partial charge >= 0.3 is 0 Å². The first-order valence-electron chi connectivity index (χ1n) is 8.76. The molecule has 0 spiro atoms. The first-order valence-corrected chi connectivity index (χ1v) is 8.76. The molecule has 0 aromatic heterocycles. The molecule has 0 aliphatic carbocycles. The van der Waals surface area contributed by atoms with Crippen LogP contribution in [0.1, 0.15) is 18.1 Å². The predicted molar refractivity (Wildman–Crippen MR) is 109 cm³/mol. The third-order valence-electron chi connectivity index (χ3n) is 4.52. The van der Waals surface area contributed by atoms with E-state index in [0.717, 1.165) is 16.8 Å². The van der Waals surface area contributed by atoms with Crippen molar-refractivity contribution in [2.24, 2.45) is 0 Å². The number of benzene rings is 2. The zero-order valence-electron chi connectivity index (χ0n) is 17.1. The van der Waals surface area contributed by atoms with E-state index in [2.05, 4.69) is 5.32 Å². The second-order valence-corrected chi connectivity index (χ2v) is 6.28. The van der Waals surface area contributed by atoms with Gasteiger partial charge in [-0.15, -0.1) is 0 Å². The maximum absolute atomic E-state index is 12.6. The van der Waals surface area contributed by atoms with Crippen LogP contribution in [0.5, 0.6) is 17.2 Å². The zero-order chi connectivity index (χ0) is 20.8. The normalized spacial score (nSPS) is 10.2. The molecule has 2 aromatic rings. The van der Waals surface area contributed by atoms with Gasteiger partial charge in [-0.1, -0.05) is 12.1 Å². The highest BCUT2D eigenvalue weighted by molar-refractivity contribution is 6.02. The fourth-order valence-electron chi connectivity index (χ4n) is 2.83. The summed E-state index contributed by atoms with van der Waals surface area (Å²) < 4.78 is 16.0. The SMILES string of the molecule is COc1cc(N(CC(=O)Nc2cccc(C)c2C)C(C)=O)cc(OC)c1OC. The summed E-state index contributed by atoms with van der Waals surface area (Å²) in [7, 11) is 4.49. The van der Waals surface area contributed by atoms with Gasteiger partial charge in [0.05, 0.1) is 27.0 Å². The van der Waals surface area contributed by atoms with Crippen molar-refractivity contribution in [1.82, 2.24) is 0 Å². The molecule has 0 fully saturated rings. The molecule has 7 nitrogen and oxygen atoms in total. The quantitative estimate of drug-likeness (QED) is 0.790. The number of hydrogen-bond acceptors (Lipinski definition) is 5. The summed E-state index contributed by atoms with van der Waals surface area (Å²) in [5, 5.41) is 2.87. The Morgan fingerprint density at radius 2 is 1.61 bits per heavy atom. The molecule has 2 aromatic carbocycles. The van der Waals surface area contributed by atoms with E-state index in [0.29, 0.717) is 22.9 Å². The number of carbonyl (C=O) groups excluding carboxylic acids is 2. The predicted octanol–water partition coefficient (Wildman–Crippen LogP) is 3.32. The number of ether oxygens (including phenoxy) is 3. The zero-order valence-corrected chi connectivity index (χ0v) is 17.1. The molecule has 0 unspecified atom stereocenters. The van der Waals surface area contributed by atoms with Crippen LogP contribution >= 0.6 is 0 Å². The molecule has 0 aliphatic rings. The van der Waals surface area contributed by atoms with Gasteiger partial charge < -0.3 is 24.4 Å². The minimum Gasteiger partial charge on any atom is -0.493 e. The van der Waals surface area contributed by atoms with Gasteiger partial charge in [0.25, 0.3) is 0 Å². The Morgan fingerprint density at radius 3 is 2.11 bits per heavy atom. The Labute approximate surface area is 165 Å². The van der Waals surface area contributed by atoms with Crippen LogP contribution in [0.4, 0.5) is 11.4 Å². The third kappa shape index (κ3) is 4.54. The Bertz CT molecular complexity index is 854. The second-order valence-electron chi connectivity index (χ2n) is 6.28. The number of rotatable bonds is 7. The van der Waals surface area contributed by atoms with E-state index in [1.807, 2.05) is 32.0 Å². The van der Waals surface area contributed by atoms with Gasteiger partial charge in [-0.25, -0.2) is 0 Å². The maximum atomic E-state index is 12.6. The molecule has 0 saturated heterocycles. The highest BCUT2D eigenvalue weighted by Crippen LogP contribution is 2.41. The number of nitrogens with zero attached hydrogens (tertiary/aromatic N) is 1. The lowest BCUT2D eigenvalue weighted by molar-refractivity contribution is -0.120. The number of aryl methyl sites for hydroxylation is 1. The van der Waals surface area contributed by atoms with Gasteiger partial charge in [-0.3, -0.25) is 9.59 Å². The van der Waals surface area contributed by atoms with Crippen molar-refractivity contribution in [3.05, 3.63) is 41.5 Å². The summed E-state index contributed by atoms with van der Waals surface area (Å²) in [6.45, 7) is 5.16. The minimum atomic E-state index is -0.308. The fourth-order valence-corrected chi connectivity index (χ4v) is 2.83. The van der Waals surface area contributed by atoms with Crippen molar-refractivity contribution in [3.63, 3.8) is 0 Å². The van der Waals surface area contributed by atoms with E-state index in [1.54, 1.807) is 12.1 Å². The molecule has 0 saturated carbocycles. The van der Waals surface area contributed by atoms with Crippen LogP contribution in [0.2, 0.25) is 0 Å². The fraction of sp³-hybridized carbons (Fsp3) is 0.333. The number of carbonyl (C=O) groups is 2. The average Bonchev–Trinajstić information content (AvgIpc) is 2.68. The molecule has 0 bridgehead atoms. The Balaban J connectivity index is 2.32. The molecular weight excluding hydrogens is 360 g/mol. The summed E-state index contributed by atoms with van der Waals surface area (Å²) >= 11 is 0. The molecular formula is C21H26N2O5. The highest BCUT2D eigenvalue weighted by atomic mass is 16.5. The van der Waals surface area contributed by atoms with Crippen molar-refractivity contribution in [2.45, 2.75) is 20.8 Å². The van der Waals surface area contributed by atoms with Gasteiger partial charge in [-0.05, 0) is 31.0 Å². The highest BCUT2D eigenvalue weighted by Gasteiger charge is 2.21. The Morgan fingerprint density at radius 1 is 1.00 bits per heavy atom. The largest absolute Gasteiger partial charge is 0.493 e. The molecule has 2 amide bonds. The standard InChI is InChI=1S/C21H26N2O5/c1-13-8-7-9-17(14(13)2)22-20(25)12-23(15(3)24)16-10-18(26-4)21(28-6)19(11-16)27-5/h7-11H,12H2,1-6H3,(H,22,25). The Hall–Kier alpha value is -3.22. The Kier molecular flexibility index (Phi) is 6.87. The van der Waals surface area contributed by atoms with Gasteiger partial charge in [0.2, 0.25) is 17.6 Å². The van der Waals surface area contributed by atoms with Crippen LogP contribution in [0.3, 0.4) is 0 Å². The van der Waals surface area contributed by atoms with Crippen molar-refractivity contribution in [2.75, 3.05) is 38.1 Å². The molecule has 7 heteroatoms. The van der Waals surface area contributed by atoms with Crippen LogP contribution < -0.4 is 24.4 Å². The lowest BCUT2D eigenvalue weighted by Crippen LogP contribution is -2.36. The lowest BCUT2D eigenvalue weighted by Gasteiger charge is -2.23. The van der Waals surface area contributed by atoms with E-state index in [-0.39, 0.29) is 18.4 Å². The third-order valence-corrected chi connectivity index (χ3v) is 4.52.